The molecule has 1 aromatic carbocycles. The first-order valence-corrected chi connectivity index (χ1v) is 6.56. The minimum atomic E-state index is -0.161. The normalized spacial score (nSPS) is 21.9. The van der Waals surface area contributed by atoms with Gasteiger partial charge in [0.1, 0.15) is 5.75 Å². The van der Waals surface area contributed by atoms with Crippen molar-refractivity contribution in [1.29, 1.82) is 0 Å². The molecule has 0 saturated carbocycles. The number of benzene rings is 1. The number of phenolic OH excluding ortho intramolecular Hbond substituents is 1. The van der Waals surface area contributed by atoms with Gasteiger partial charge in [-0.1, -0.05) is 6.07 Å². The number of anilines is 1. The van der Waals surface area contributed by atoms with E-state index >= 15 is 0 Å². The maximum atomic E-state index is 9.96. The Hall–Kier alpha value is -1.26. The number of hydrogen-bond donors (Lipinski definition) is 3. The minimum Gasteiger partial charge on any atom is -0.508 e. The predicted octanol–water partition coefficient (Wildman–Crippen LogP) is 1.62. The maximum Gasteiger partial charge on any atom is 0.122 e. The van der Waals surface area contributed by atoms with Crippen LogP contribution in [0.1, 0.15) is 31.4 Å². The molecular weight excluding hydrogens is 228 g/mol. The Bertz CT molecular complexity index is 407. The number of phenols is 1. The summed E-state index contributed by atoms with van der Waals surface area (Å²) in [4.78, 5) is 2.22. The van der Waals surface area contributed by atoms with Crippen molar-refractivity contribution in [2.75, 3.05) is 24.6 Å². The van der Waals surface area contributed by atoms with Crippen molar-refractivity contribution in [3.8, 4) is 5.75 Å². The molecule has 0 bridgehead atoms. The Balaban J connectivity index is 2.16. The van der Waals surface area contributed by atoms with Crippen LogP contribution in [0.4, 0.5) is 5.69 Å². The van der Waals surface area contributed by atoms with E-state index in [9.17, 15) is 10.2 Å². The Morgan fingerprint density at radius 3 is 2.89 bits per heavy atom. The zero-order valence-electron chi connectivity index (χ0n) is 10.8. The summed E-state index contributed by atoms with van der Waals surface area (Å²) in [5, 5.41) is 19.2. The van der Waals surface area contributed by atoms with Gasteiger partial charge in [-0.15, -0.1) is 0 Å². The zero-order chi connectivity index (χ0) is 13.1. The van der Waals surface area contributed by atoms with Gasteiger partial charge >= 0.3 is 0 Å². The first-order chi connectivity index (χ1) is 8.61. The Kier molecular flexibility index (Phi) is 4.09. The van der Waals surface area contributed by atoms with E-state index in [1.54, 1.807) is 6.07 Å². The number of aliphatic hydroxyl groups is 1. The van der Waals surface area contributed by atoms with E-state index in [4.69, 9.17) is 5.73 Å². The molecule has 1 saturated heterocycles. The molecule has 0 aromatic heterocycles. The molecule has 1 fully saturated rings. The van der Waals surface area contributed by atoms with Crippen molar-refractivity contribution >= 4 is 5.69 Å². The zero-order valence-corrected chi connectivity index (χ0v) is 10.8. The lowest BCUT2D eigenvalue weighted by molar-refractivity contribution is 0.208. The van der Waals surface area contributed by atoms with Crippen molar-refractivity contribution < 1.29 is 10.2 Å². The van der Waals surface area contributed by atoms with Crippen LogP contribution in [-0.2, 0) is 0 Å². The monoisotopic (exact) mass is 250 g/mol. The summed E-state index contributed by atoms with van der Waals surface area (Å²) in [6.07, 6.45) is 2.16. The molecule has 2 unspecified atom stereocenters. The van der Waals surface area contributed by atoms with Gasteiger partial charge in [0, 0.05) is 43.1 Å². The molecule has 4 heteroatoms. The lowest BCUT2D eigenvalue weighted by Crippen LogP contribution is -2.36. The van der Waals surface area contributed by atoms with Gasteiger partial charge < -0.3 is 20.8 Å². The number of aromatic hydroxyl groups is 1. The van der Waals surface area contributed by atoms with Crippen molar-refractivity contribution in [2.24, 2.45) is 11.7 Å². The van der Waals surface area contributed by atoms with Crippen LogP contribution in [0.5, 0.6) is 5.75 Å². The third-order valence-electron chi connectivity index (χ3n) is 3.65. The van der Waals surface area contributed by atoms with Crippen LogP contribution in [0.15, 0.2) is 18.2 Å². The third-order valence-corrected chi connectivity index (χ3v) is 3.65. The Labute approximate surface area is 108 Å². The van der Waals surface area contributed by atoms with Gasteiger partial charge in [0.05, 0.1) is 0 Å². The maximum absolute atomic E-state index is 9.96. The van der Waals surface area contributed by atoms with E-state index in [1.807, 2.05) is 19.1 Å². The third kappa shape index (κ3) is 2.76. The van der Waals surface area contributed by atoms with E-state index in [0.717, 1.165) is 37.2 Å². The summed E-state index contributed by atoms with van der Waals surface area (Å²) in [6, 6.07) is 5.50. The van der Waals surface area contributed by atoms with E-state index in [2.05, 4.69) is 4.90 Å². The second-order valence-corrected chi connectivity index (χ2v) is 5.17. The molecule has 4 N–H and O–H groups in total. The molecule has 1 aromatic rings. The molecule has 1 heterocycles. The van der Waals surface area contributed by atoms with Crippen LogP contribution in [0.25, 0.3) is 0 Å². The number of hydrogen-bond acceptors (Lipinski definition) is 4. The van der Waals surface area contributed by atoms with Crippen LogP contribution < -0.4 is 10.6 Å². The standard InChI is InChI=1S/C14H22N2O2/c1-10(15)13-5-4-12(7-14(13)18)16-6-2-3-11(8-16)9-17/h4-5,7,10-11,17-18H,2-3,6,8-9,15H2,1H3. The highest BCUT2D eigenvalue weighted by molar-refractivity contribution is 5.54. The van der Waals surface area contributed by atoms with Crippen LogP contribution >= 0.6 is 0 Å². The van der Waals surface area contributed by atoms with Gasteiger partial charge in [0.25, 0.3) is 0 Å². The first kappa shape index (κ1) is 13.2. The molecule has 1 aliphatic heterocycles. The lowest BCUT2D eigenvalue weighted by Gasteiger charge is -2.33. The van der Waals surface area contributed by atoms with E-state index in [-0.39, 0.29) is 18.4 Å². The fourth-order valence-electron chi connectivity index (χ4n) is 2.56. The molecule has 4 nitrogen and oxygen atoms in total. The molecule has 18 heavy (non-hydrogen) atoms. The van der Waals surface area contributed by atoms with E-state index in [0.29, 0.717) is 5.92 Å². The lowest BCUT2D eigenvalue weighted by atomic mass is 9.98. The summed E-state index contributed by atoms with van der Waals surface area (Å²) in [7, 11) is 0. The second kappa shape index (κ2) is 5.59. The Morgan fingerprint density at radius 2 is 2.28 bits per heavy atom. The highest BCUT2D eigenvalue weighted by atomic mass is 16.3. The molecule has 2 rings (SSSR count). The molecule has 0 spiro atoms. The van der Waals surface area contributed by atoms with Gasteiger partial charge in [-0.3, -0.25) is 0 Å². The SMILES string of the molecule is CC(N)c1ccc(N2CCCC(CO)C2)cc1O. The van der Waals surface area contributed by atoms with E-state index < -0.39 is 0 Å². The summed E-state index contributed by atoms with van der Waals surface area (Å²) in [5.74, 6) is 0.600. The van der Waals surface area contributed by atoms with Crippen molar-refractivity contribution in [2.45, 2.75) is 25.8 Å². The fourth-order valence-corrected chi connectivity index (χ4v) is 2.56. The fraction of sp³-hybridized carbons (Fsp3) is 0.571. The number of nitrogens with two attached hydrogens (primary N) is 1. The number of rotatable bonds is 3. The minimum absolute atomic E-state index is 0.161. The quantitative estimate of drug-likeness (QED) is 0.762. The van der Waals surface area contributed by atoms with Gasteiger partial charge in [-0.05, 0) is 31.7 Å². The average Bonchev–Trinajstić information content (AvgIpc) is 2.38. The van der Waals surface area contributed by atoms with Gasteiger partial charge in [0.15, 0.2) is 0 Å². The first-order valence-electron chi connectivity index (χ1n) is 6.56. The highest BCUT2D eigenvalue weighted by Crippen LogP contribution is 2.30. The highest BCUT2D eigenvalue weighted by Gasteiger charge is 2.20. The van der Waals surface area contributed by atoms with Crippen LogP contribution in [0.2, 0.25) is 0 Å². The smallest absolute Gasteiger partial charge is 0.122 e. The summed E-state index contributed by atoms with van der Waals surface area (Å²) in [5.41, 5.74) is 7.56. The average molecular weight is 250 g/mol. The van der Waals surface area contributed by atoms with Crippen molar-refractivity contribution in [3.63, 3.8) is 0 Å². The van der Waals surface area contributed by atoms with Crippen LogP contribution in [-0.4, -0.2) is 29.9 Å². The van der Waals surface area contributed by atoms with Gasteiger partial charge in [0.2, 0.25) is 0 Å². The number of nitrogens with zero attached hydrogens (tertiary/aromatic N) is 1. The molecule has 0 amide bonds. The van der Waals surface area contributed by atoms with E-state index in [1.165, 1.54) is 0 Å². The van der Waals surface area contributed by atoms with Crippen LogP contribution in [0.3, 0.4) is 0 Å². The topological polar surface area (TPSA) is 69.7 Å². The molecule has 1 aliphatic rings. The second-order valence-electron chi connectivity index (χ2n) is 5.17. The van der Waals surface area contributed by atoms with Gasteiger partial charge in [-0.25, -0.2) is 0 Å². The molecular formula is C14H22N2O2. The predicted molar refractivity (Wildman–Crippen MR) is 72.7 cm³/mol. The molecule has 2 atom stereocenters. The molecule has 0 aliphatic carbocycles. The number of piperidine rings is 1. The summed E-state index contributed by atoms with van der Waals surface area (Å²) >= 11 is 0. The van der Waals surface area contributed by atoms with Crippen LogP contribution in [0, 0.1) is 5.92 Å². The van der Waals surface area contributed by atoms with Crippen molar-refractivity contribution in [1.82, 2.24) is 0 Å². The summed E-state index contributed by atoms with van der Waals surface area (Å²) < 4.78 is 0. The molecule has 100 valence electrons. The summed E-state index contributed by atoms with van der Waals surface area (Å²) in [6.45, 7) is 3.93. The molecule has 0 radical (unpaired) electrons. The van der Waals surface area contributed by atoms with Crippen molar-refractivity contribution in [3.05, 3.63) is 23.8 Å². The van der Waals surface area contributed by atoms with Gasteiger partial charge in [-0.2, -0.15) is 0 Å². The number of aliphatic hydroxyl groups excluding tert-OH is 1. The Morgan fingerprint density at radius 1 is 1.50 bits per heavy atom. The largest absolute Gasteiger partial charge is 0.508 e.